The Bertz CT molecular complexity index is 1080. The first-order valence-electron chi connectivity index (χ1n) is 10.5. The van der Waals surface area contributed by atoms with Gasteiger partial charge in [-0.25, -0.2) is 8.78 Å². The highest BCUT2D eigenvalue weighted by Crippen LogP contribution is 2.25. The predicted octanol–water partition coefficient (Wildman–Crippen LogP) is 4.52. The molecule has 0 unspecified atom stereocenters. The van der Waals surface area contributed by atoms with Crippen molar-refractivity contribution in [3.05, 3.63) is 65.5 Å². The summed E-state index contributed by atoms with van der Waals surface area (Å²) < 4.78 is 34.2. The van der Waals surface area contributed by atoms with Gasteiger partial charge in [0, 0.05) is 11.3 Å². The predicted molar refractivity (Wildman–Crippen MR) is 118 cm³/mol. The van der Waals surface area contributed by atoms with E-state index < -0.39 is 5.82 Å². The van der Waals surface area contributed by atoms with Gasteiger partial charge in [0.2, 0.25) is 0 Å². The average molecular weight is 459 g/mol. The molecule has 0 bridgehead atoms. The molecule has 0 spiro atoms. The molecule has 0 radical (unpaired) electrons. The second-order valence-corrected chi connectivity index (χ2v) is 8.55. The summed E-state index contributed by atoms with van der Waals surface area (Å²) in [6.45, 7) is 2.63. The summed E-state index contributed by atoms with van der Waals surface area (Å²) in [5.41, 5.74) is 0.992. The summed E-state index contributed by atoms with van der Waals surface area (Å²) in [5.74, 6) is -0.249. The van der Waals surface area contributed by atoms with E-state index in [1.165, 1.54) is 55.6 Å². The van der Waals surface area contributed by atoms with Gasteiger partial charge in [-0.15, -0.1) is 10.2 Å². The number of carbonyl (C=O) groups is 1. The lowest BCUT2D eigenvalue weighted by atomic mass is 10.1. The number of thioether (sulfide) groups is 1. The number of methoxy groups -OCH3 is 1. The largest absolute Gasteiger partial charge is 0.494 e. The van der Waals surface area contributed by atoms with Gasteiger partial charge in [0.05, 0.1) is 19.4 Å². The third-order valence-corrected chi connectivity index (χ3v) is 6.33. The van der Waals surface area contributed by atoms with Crippen molar-refractivity contribution < 1.29 is 18.3 Å². The van der Waals surface area contributed by atoms with Crippen LogP contribution in [0.2, 0.25) is 0 Å². The van der Waals surface area contributed by atoms with E-state index in [0.29, 0.717) is 11.7 Å². The molecule has 0 saturated carbocycles. The van der Waals surface area contributed by atoms with Gasteiger partial charge < -0.3 is 4.74 Å². The molecule has 2 aromatic carbocycles. The van der Waals surface area contributed by atoms with Crippen molar-refractivity contribution in [2.45, 2.75) is 31.0 Å². The number of halogens is 2. The van der Waals surface area contributed by atoms with Crippen LogP contribution in [-0.2, 0) is 6.54 Å². The standard InChI is InChI=1S/C23H24F2N4O2S/c1-31-21-10-5-16(13-19(21)25)20(30)15-32-23-27-26-22(14-28-11-3-2-4-12-28)29(23)18-8-6-17(24)7-9-18/h5-10,13H,2-4,11-12,14-15H2,1H3. The van der Waals surface area contributed by atoms with Crippen LogP contribution in [-0.4, -0.2) is 51.4 Å². The fourth-order valence-electron chi connectivity index (χ4n) is 3.72. The third kappa shape index (κ3) is 5.16. The molecule has 1 aliphatic rings. The molecule has 32 heavy (non-hydrogen) atoms. The van der Waals surface area contributed by atoms with Crippen molar-refractivity contribution in [2.75, 3.05) is 26.0 Å². The Kier molecular flexibility index (Phi) is 7.16. The Hall–Kier alpha value is -2.78. The Morgan fingerprint density at radius 3 is 2.50 bits per heavy atom. The zero-order valence-corrected chi connectivity index (χ0v) is 18.6. The van der Waals surface area contributed by atoms with E-state index in [2.05, 4.69) is 15.1 Å². The van der Waals surface area contributed by atoms with Gasteiger partial charge in [-0.2, -0.15) is 0 Å². The minimum Gasteiger partial charge on any atom is -0.494 e. The Morgan fingerprint density at radius 1 is 1.06 bits per heavy atom. The maximum Gasteiger partial charge on any atom is 0.196 e. The molecule has 9 heteroatoms. The number of aromatic nitrogens is 3. The van der Waals surface area contributed by atoms with Gasteiger partial charge >= 0.3 is 0 Å². The van der Waals surface area contributed by atoms with Crippen LogP contribution >= 0.6 is 11.8 Å². The highest BCUT2D eigenvalue weighted by atomic mass is 32.2. The second-order valence-electron chi connectivity index (χ2n) is 7.61. The number of ether oxygens (including phenoxy) is 1. The van der Waals surface area contributed by atoms with E-state index >= 15 is 0 Å². The SMILES string of the molecule is COc1ccc(C(=O)CSc2nnc(CN3CCCCC3)n2-c2ccc(F)cc2)cc1F. The van der Waals surface area contributed by atoms with Crippen LogP contribution < -0.4 is 4.74 Å². The van der Waals surface area contributed by atoms with Crippen LogP contribution in [0.4, 0.5) is 8.78 Å². The smallest absolute Gasteiger partial charge is 0.196 e. The molecule has 0 atom stereocenters. The van der Waals surface area contributed by atoms with Gasteiger partial charge in [0.15, 0.2) is 28.3 Å². The summed E-state index contributed by atoms with van der Waals surface area (Å²) in [6, 6.07) is 10.3. The van der Waals surface area contributed by atoms with Crippen LogP contribution in [0.1, 0.15) is 35.4 Å². The molecule has 4 rings (SSSR count). The number of ketones is 1. The molecule has 1 aliphatic heterocycles. The van der Waals surface area contributed by atoms with E-state index in [0.717, 1.165) is 37.4 Å². The lowest BCUT2D eigenvalue weighted by Crippen LogP contribution is -2.30. The van der Waals surface area contributed by atoms with Crippen molar-refractivity contribution in [1.82, 2.24) is 19.7 Å². The number of rotatable bonds is 8. The van der Waals surface area contributed by atoms with Crippen molar-refractivity contribution in [3.63, 3.8) is 0 Å². The quantitative estimate of drug-likeness (QED) is 0.366. The summed E-state index contributed by atoms with van der Waals surface area (Å²) in [6.07, 6.45) is 3.54. The Labute approximate surface area is 189 Å². The topological polar surface area (TPSA) is 60.2 Å². The first-order chi connectivity index (χ1) is 15.5. The zero-order chi connectivity index (χ0) is 22.5. The van der Waals surface area contributed by atoms with E-state index in [4.69, 9.17) is 4.74 Å². The maximum absolute atomic E-state index is 14.0. The number of hydrogen-bond donors (Lipinski definition) is 0. The lowest BCUT2D eigenvalue weighted by molar-refractivity contribution is 0.102. The number of nitrogens with zero attached hydrogens (tertiary/aromatic N) is 4. The average Bonchev–Trinajstić information content (AvgIpc) is 3.20. The van der Waals surface area contributed by atoms with Crippen LogP contribution in [0.3, 0.4) is 0 Å². The molecule has 168 valence electrons. The lowest BCUT2D eigenvalue weighted by Gasteiger charge is -2.26. The van der Waals surface area contributed by atoms with E-state index in [1.54, 1.807) is 12.1 Å². The summed E-state index contributed by atoms with van der Waals surface area (Å²) >= 11 is 1.22. The third-order valence-electron chi connectivity index (χ3n) is 5.41. The van der Waals surface area contributed by atoms with E-state index in [9.17, 15) is 13.6 Å². The minimum atomic E-state index is -0.582. The van der Waals surface area contributed by atoms with Crippen molar-refractivity contribution in [1.29, 1.82) is 0 Å². The molecular formula is C23H24F2N4O2S. The molecule has 1 fully saturated rings. The first kappa shape index (κ1) is 22.4. The molecule has 6 nitrogen and oxygen atoms in total. The second kappa shape index (κ2) is 10.2. The van der Waals surface area contributed by atoms with Crippen molar-refractivity contribution in [3.8, 4) is 11.4 Å². The van der Waals surface area contributed by atoms with Crippen LogP contribution in [0, 0.1) is 11.6 Å². The molecule has 1 saturated heterocycles. The summed E-state index contributed by atoms with van der Waals surface area (Å²) in [4.78, 5) is 15.0. The Morgan fingerprint density at radius 2 is 1.81 bits per heavy atom. The number of piperidine rings is 1. The van der Waals surface area contributed by atoms with Gasteiger partial charge in [-0.05, 0) is 68.4 Å². The number of Topliss-reactive ketones (excluding diaryl/α,β-unsaturated/α-hetero) is 1. The fraction of sp³-hybridized carbons (Fsp3) is 0.348. The monoisotopic (exact) mass is 458 g/mol. The van der Waals surface area contributed by atoms with Gasteiger partial charge in [-0.3, -0.25) is 14.3 Å². The number of likely N-dealkylation sites (tertiary alicyclic amines) is 1. The maximum atomic E-state index is 14.0. The molecule has 3 aromatic rings. The summed E-state index contributed by atoms with van der Waals surface area (Å²) in [5, 5.41) is 9.20. The van der Waals surface area contributed by atoms with Crippen molar-refractivity contribution >= 4 is 17.5 Å². The highest BCUT2D eigenvalue weighted by Gasteiger charge is 2.20. The van der Waals surface area contributed by atoms with Crippen LogP contribution in [0.5, 0.6) is 5.75 Å². The van der Waals surface area contributed by atoms with Crippen molar-refractivity contribution in [2.24, 2.45) is 0 Å². The van der Waals surface area contributed by atoms with E-state index in [-0.39, 0.29) is 28.7 Å². The molecule has 0 N–H and O–H groups in total. The van der Waals surface area contributed by atoms with Gasteiger partial charge in [0.25, 0.3) is 0 Å². The van der Waals surface area contributed by atoms with Crippen LogP contribution in [0.25, 0.3) is 5.69 Å². The van der Waals surface area contributed by atoms with Crippen LogP contribution in [0.15, 0.2) is 47.6 Å². The zero-order valence-electron chi connectivity index (χ0n) is 17.8. The minimum absolute atomic E-state index is 0.0643. The van der Waals surface area contributed by atoms with E-state index in [1.807, 2.05) is 4.57 Å². The number of carbonyl (C=O) groups excluding carboxylic acids is 1. The molecule has 1 aromatic heterocycles. The number of benzene rings is 2. The highest BCUT2D eigenvalue weighted by molar-refractivity contribution is 7.99. The van der Waals surface area contributed by atoms with Gasteiger partial charge in [-0.1, -0.05) is 18.2 Å². The number of hydrogen-bond acceptors (Lipinski definition) is 6. The normalized spacial score (nSPS) is 14.5. The molecular weight excluding hydrogens is 434 g/mol. The molecule has 0 amide bonds. The fourth-order valence-corrected chi connectivity index (χ4v) is 4.58. The Balaban J connectivity index is 1.55. The first-order valence-corrected chi connectivity index (χ1v) is 11.5. The van der Waals surface area contributed by atoms with Gasteiger partial charge in [0.1, 0.15) is 5.82 Å². The molecule has 0 aliphatic carbocycles. The summed E-state index contributed by atoms with van der Waals surface area (Å²) in [7, 11) is 1.37. The molecule has 2 heterocycles.